The molecule has 1 atom stereocenters. The molecule has 0 spiro atoms. The molecular formula is C23H24N4O6S2. The Morgan fingerprint density at radius 2 is 2.03 bits per heavy atom. The van der Waals surface area contributed by atoms with Gasteiger partial charge < -0.3 is 19.5 Å². The van der Waals surface area contributed by atoms with Gasteiger partial charge in [-0.3, -0.25) is 9.36 Å². The van der Waals surface area contributed by atoms with Crippen LogP contribution in [0.3, 0.4) is 0 Å². The Morgan fingerprint density at radius 1 is 1.20 bits per heavy atom. The number of carbonyl (C=O) groups excluding carboxylic acids is 3. The predicted molar refractivity (Wildman–Crippen MR) is 131 cm³/mol. The number of ether oxygens (including phenoxy) is 3. The molecule has 10 nitrogen and oxygen atoms in total. The second-order valence-electron chi connectivity index (χ2n) is 7.61. The van der Waals surface area contributed by atoms with Gasteiger partial charge in [0.05, 0.1) is 54.3 Å². The van der Waals surface area contributed by atoms with Gasteiger partial charge in [-0.05, 0) is 42.5 Å². The molecule has 0 saturated carbocycles. The number of esters is 2. The van der Waals surface area contributed by atoms with Gasteiger partial charge in [-0.2, -0.15) is 0 Å². The number of nitrogens with zero attached hydrogens (tertiary/aromatic N) is 3. The van der Waals surface area contributed by atoms with Crippen LogP contribution in [0.5, 0.6) is 0 Å². The lowest BCUT2D eigenvalue weighted by atomic mass is 10.1. The maximum Gasteiger partial charge on any atom is 0.339 e. The Balaban J connectivity index is 1.51. The smallest absolute Gasteiger partial charge is 0.339 e. The summed E-state index contributed by atoms with van der Waals surface area (Å²) in [6, 6.07) is 8.15. The molecule has 1 aliphatic rings. The van der Waals surface area contributed by atoms with Crippen molar-refractivity contribution in [2.24, 2.45) is 0 Å². The highest BCUT2D eigenvalue weighted by molar-refractivity contribution is 7.99. The van der Waals surface area contributed by atoms with Crippen LogP contribution in [0.4, 0.5) is 5.69 Å². The number of benzene rings is 1. The first-order chi connectivity index (χ1) is 17.0. The van der Waals surface area contributed by atoms with Crippen LogP contribution in [0.15, 0.2) is 40.9 Å². The fraction of sp³-hybridized carbons (Fsp3) is 0.348. The SMILES string of the molecule is COC(=O)c1ccc(C(=O)OC)c(NC(=O)CSc2nnc(-c3cccs3)n2CC2CCCO2)c1. The summed E-state index contributed by atoms with van der Waals surface area (Å²) in [6.45, 7) is 1.33. The highest BCUT2D eigenvalue weighted by Gasteiger charge is 2.23. The second-order valence-corrected chi connectivity index (χ2v) is 9.50. The molecule has 1 aliphatic heterocycles. The van der Waals surface area contributed by atoms with E-state index in [1.807, 2.05) is 22.1 Å². The maximum absolute atomic E-state index is 12.8. The molecule has 1 aromatic carbocycles. The quantitative estimate of drug-likeness (QED) is 0.336. The molecule has 1 amide bonds. The molecule has 1 saturated heterocycles. The minimum Gasteiger partial charge on any atom is -0.465 e. The standard InChI is InChI=1S/C23H24N4O6S2/c1-31-21(29)14-7-8-16(22(30)32-2)17(11-14)24-19(28)13-35-23-26-25-20(18-6-4-10-34-18)27(23)12-15-5-3-9-33-15/h4,6-8,10-11,15H,3,5,9,12-13H2,1-2H3,(H,24,28). The average Bonchev–Trinajstić information content (AvgIpc) is 3.64. The molecule has 3 aromatic rings. The van der Waals surface area contributed by atoms with Gasteiger partial charge >= 0.3 is 11.9 Å². The van der Waals surface area contributed by atoms with Gasteiger partial charge in [-0.25, -0.2) is 9.59 Å². The lowest BCUT2D eigenvalue weighted by Crippen LogP contribution is -2.19. The van der Waals surface area contributed by atoms with E-state index in [0.717, 1.165) is 30.2 Å². The third kappa shape index (κ3) is 5.89. The van der Waals surface area contributed by atoms with Crippen molar-refractivity contribution in [2.75, 3.05) is 31.9 Å². The fourth-order valence-electron chi connectivity index (χ4n) is 3.64. The summed E-state index contributed by atoms with van der Waals surface area (Å²) in [5.41, 5.74) is 0.477. The number of hydrogen-bond acceptors (Lipinski definition) is 10. The summed E-state index contributed by atoms with van der Waals surface area (Å²) in [7, 11) is 2.49. The summed E-state index contributed by atoms with van der Waals surface area (Å²) < 4.78 is 17.3. The van der Waals surface area contributed by atoms with Crippen LogP contribution >= 0.6 is 23.1 Å². The largest absolute Gasteiger partial charge is 0.465 e. The topological polar surface area (TPSA) is 122 Å². The number of aromatic nitrogens is 3. The zero-order valence-electron chi connectivity index (χ0n) is 19.2. The number of thiophene rings is 1. The molecule has 4 rings (SSSR count). The lowest BCUT2D eigenvalue weighted by molar-refractivity contribution is -0.113. The molecule has 3 heterocycles. The molecule has 12 heteroatoms. The van der Waals surface area contributed by atoms with Crippen LogP contribution in [0.25, 0.3) is 10.7 Å². The molecule has 0 radical (unpaired) electrons. The van der Waals surface area contributed by atoms with Crippen molar-refractivity contribution in [3.63, 3.8) is 0 Å². The van der Waals surface area contributed by atoms with Crippen molar-refractivity contribution in [2.45, 2.75) is 30.6 Å². The van der Waals surface area contributed by atoms with E-state index in [9.17, 15) is 14.4 Å². The van der Waals surface area contributed by atoms with Crippen LogP contribution < -0.4 is 5.32 Å². The molecular weight excluding hydrogens is 492 g/mol. The maximum atomic E-state index is 12.8. The van der Waals surface area contributed by atoms with Crippen LogP contribution in [0, 0.1) is 0 Å². The van der Waals surface area contributed by atoms with Crippen molar-refractivity contribution in [3.05, 3.63) is 46.8 Å². The lowest BCUT2D eigenvalue weighted by Gasteiger charge is -2.14. The first-order valence-electron chi connectivity index (χ1n) is 10.8. The van der Waals surface area contributed by atoms with Gasteiger partial charge in [-0.1, -0.05) is 17.8 Å². The van der Waals surface area contributed by atoms with Crippen molar-refractivity contribution < 1.29 is 28.6 Å². The molecule has 1 unspecified atom stereocenters. The third-order valence-corrected chi connectivity index (χ3v) is 7.15. The van der Waals surface area contributed by atoms with Gasteiger partial charge in [-0.15, -0.1) is 21.5 Å². The Morgan fingerprint density at radius 3 is 2.71 bits per heavy atom. The van der Waals surface area contributed by atoms with E-state index in [4.69, 9.17) is 14.2 Å². The van der Waals surface area contributed by atoms with Crippen LogP contribution in [0.1, 0.15) is 33.6 Å². The highest BCUT2D eigenvalue weighted by atomic mass is 32.2. The van der Waals surface area contributed by atoms with Crippen molar-refractivity contribution in [3.8, 4) is 10.7 Å². The van der Waals surface area contributed by atoms with Crippen molar-refractivity contribution in [1.82, 2.24) is 14.8 Å². The Bertz CT molecular complexity index is 1200. The first-order valence-corrected chi connectivity index (χ1v) is 12.7. The number of nitrogens with one attached hydrogen (secondary N) is 1. The third-order valence-electron chi connectivity index (χ3n) is 5.32. The molecule has 1 N–H and O–H groups in total. The summed E-state index contributed by atoms with van der Waals surface area (Å²) in [6.07, 6.45) is 2.04. The van der Waals surface area contributed by atoms with E-state index in [1.165, 1.54) is 44.2 Å². The van der Waals surface area contributed by atoms with Gasteiger partial charge in [0.1, 0.15) is 0 Å². The van der Waals surface area contributed by atoms with E-state index in [-0.39, 0.29) is 34.6 Å². The number of thioether (sulfide) groups is 1. The van der Waals surface area contributed by atoms with Gasteiger partial charge in [0, 0.05) is 6.61 Å². The van der Waals surface area contributed by atoms with E-state index < -0.39 is 11.9 Å². The normalized spacial score (nSPS) is 15.1. The molecule has 2 aromatic heterocycles. The number of rotatable bonds is 9. The first kappa shape index (κ1) is 24.9. The minimum atomic E-state index is -0.638. The summed E-state index contributed by atoms with van der Waals surface area (Å²) in [5, 5.41) is 13.9. The van der Waals surface area contributed by atoms with Crippen molar-refractivity contribution >= 4 is 46.6 Å². The zero-order chi connectivity index (χ0) is 24.8. The van der Waals surface area contributed by atoms with E-state index in [1.54, 1.807) is 11.3 Å². The molecule has 0 bridgehead atoms. The predicted octanol–water partition coefficient (Wildman–Crippen LogP) is 3.49. The van der Waals surface area contributed by atoms with E-state index >= 15 is 0 Å². The second kappa shape index (κ2) is 11.5. The highest BCUT2D eigenvalue weighted by Crippen LogP contribution is 2.29. The van der Waals surface area contributed by atoms with Gasteiger partial charge in [0.2, 0.25) is 5.91 Å². The molecule has 1 fully saturated rings. The Hall–Kier alpha value is -3.22. The molecule has 35 heavy (non-hydrogen) atoms. The summed E-state index contributed by atoms with van der Waals surface area (Å²) in [5.74, 6) is -0.864. The Labute approximate surface area is 210 Å². The Kier molecular flexibility index (Phi) is 8.16. The van der Waals surface area contributed by atoms with Gasteiger partial charge in [0.15, 0.2) is 11.0 Å². The number of anilines is 1. The molecule has 184 valence electrons. The number of hydrogen-bond donors (Lipinski definition) is 1. The zero-order valence-corrected chi connectivity index (χ0v) is 20.8. The number of amides is 1. The van der Waals surface area contributed by atoms with Crippen LogP contribution in [-0.4, -0.2) is 65.3 Å². The van der Waals surface area contributed by atoms with Crippen molar-refractivity contribution in [1.29, 1.82) is 0 Å². The van der Waals surface area contributed by atoms with Gasteiger partial charge in [0.25, 0.3) is 0 Å². The van der Waals surface area contributed by atoms with E-state index in [0.29, 0.717) is 11.7 Å². The van der Waals surface area contributed by atoms with Crippen LogP contribution in [-0.2, 0) is 25.5 Å². The average molecular weight is 517 g/mol. The van der Waals surface area contributed by atoms with E-state index in [2.05, 4.69) is 15.5 Å². The number of methoxy groups -OCH3 is 2. The minimum absolute atomic E-state index is 0.0111. The summed E-state index contributed by atoms with van der Waals surface area (Å²) >= 11 is 2.79. The monoisotopic (exact) mass is 516 g/mol. The van der Waals surface area contributed by atoms with Crippen LogP contribution in [0.2, 0.25) is 0 Å². The summed E-state index contributed by atoms with van der Waals surface area (Å²) in [4.78, 5) is 37.8. The molecule has 0 aliphatic carbocycles. The number of carbonyl (C=O) groups is 3. The fourth-order valence-corrected chi connectivity index (χ4v) is 5.10.